The van der Waals surface area contributed by atoms with Crippen molar-refractivity contribution in [2.75, 3.05) is 5.73 Å². The van der Waals surface area contributed by atoms with Gasteiger partial charge in [0.05, 0.1) is 5.25 Å². The molecule has 0 saturated carbocycles. The van der Waals surface area contributed by atoms with Gasteiger partial charge in [-0.05, 0) is 25.0 Å². The van der Waals surface area contributed by atoms with Crippen LogP contribution in [-0.4, -0.2) is 11.2 Å². The van der Waals surface area contributed by atoms with E-state index in [0.717, 1.165) is 16.1 Å². The van der Waals surface area contributed by atoms with E-state index >= 15 is 0 Å². The highest BCUT2D eigenvalue weighted by Crippen LogP contribution is 2.31. The van der Waals surface area contributed by atoms with Crippen molar-refractivity contribution in [1.29, 1.82) is 0 Å². The molecule has 0 saturated heterocycles. The van der Waals surface area contributed by atoms with Crippen LogP contribution in [0.2, 0.25) is 0 Å². The minimum Gasteiger partial charge on any atom is -0.398 e. The standard InChI is InChI=1S/C11H16N2OS/c1-3-8(11(13)14)15-9-6-4-5-7(2)10(9)12/h4-6,8H,3,12H2,1-2H3,(H2,13,14). The SMILES string of the molecule is CCC(Sc1cccc(C)c1N)C(N)=O. The minimum atomic E-state index is -0.289. The van der Waals surface area contributed by atoms with Gasteiger partial charge >= 0.3 is 0 Å². The Morgan fingerprint density at radius 2 is 2.20 bits per heavy atom. The molecule has 15 heavy (non-hydrogen) atoms. The lowest BCUT2D eigenvalue weighted by Gasteiger charge is -2.13. The van der Waals surface area contributed by atoms with Crippen molar-refractivity contribution in [3.05, 3.63) is 23.8 Å². The van der Waals surface area contributed by atoms with E-state index in [1.54, 1.807) is 0 Å². The van der Waals surface area contributed by atoms with Gasteiger partial charge in [-0.1, -0.05) is 19.1 Å². The summed E-state index contributed by atoms with van der Waals surface area (Å²) in [5.41, 5.74) is 13.0. The smallest absolute Gasteiger partial charge is 0.230 e. The highest BCUT2D eigenvalue weighted by atomic mass is 32.2. The molecule has 4 heteroatoms. The molecule has 1 unspecified atom stereocenters. The molecule has 82 valence electrons. The van der Waals surface area contributed by atoms with Crippen LogP contribution in [0.1, 0.15) is 18.9 Å². The third kappa shape index (κ3) is 2.89. The molecule has 0 bridgehead atoms. The molecule has 0 aliphatic rings. The van der Waals surface area contributed by atoms with Crippen LogP contribution in [0.4, 0.5) is 5.69 Å². The normalized spacial score (nSPS) is 12.4. The molecule has 0 heterocycles. The molecule has 0 radical (unpaired) electrons. The summed E-state index contributed by atoms with van der Waals surface area (Å²) < 4.78 is 0. The Balaban J connectivity index is 2.88. The molecule has 0 aliphatic carbocycles. The van der Waals surface area contributed by atoms with E-state index in [9.17, 15) is 4.79 Å². The van der Waals surface area contributed by atoms with Gasteiger partial charge in [0.15, 0.2) is 0 Å². The Morgan fingerprint density at radius 3 is 2.73 bits per heavy atom. The predicted octanol–water partition coefficient (Wildman–Crippen LogP) is 1.93. The summed E-state index contributed by atoms with van der Waals surface area (Å²) in [5, 5.41) is -0.200. The van der Waals surface area contributed by atoms with Crippen LogP contribution in [0, 0.1) is 6.92 Å². The molecule has 1 atom stereocenters. The first-order valence-electron chi connectivity index (χ1n) is 4.87. The maximum atomic E-state index is 11.1. The van der Waals surface area contributed by atoms with Crippen molar-refractivity contribution in [1.82, 2.24) is 0 Å². The number of aryl methyl sites for hydroxylation is 1. The van der Waals surface area contributed by atoms with E-state index in [-0.39, 0.29) is 11.2 Å². The average Bonchev–Trinajstić information content (AvgIpc) is 2.19. The summed E-state index contributed by atoms with van der Waals surface area (Å²) in [6.07, 6.45) is 0.716. The summed E-state index contributed by atoms with van der Waals surface area (Å²) in [6.45, 7) is 3.89. The number of hydrogen-bond donors (Lipinski definition) is 2. The first-order chi connectivity index (χ1) is 7.06. The second-order valence-electron chi connectivity index (χ2n) is 3.40. The van der Waals surface area contributed by atoms with Crippen LogP contribution < -0.4 is 11.5 Å². The zero-order valence-electron chi connectivity index (χ0n) is 8.99. The number of para-hydroxylation sites is 1. The number of primary amides is 1. The van der Waals surface area contributed by atoms with Crippen LogP contribution in [0.3, 0.4) is 0 Å². The van der Waals surface area contributed by atoms with E-state index < -0.39 is 0 Å². The Kier molecular flexibility index (Phi) is 4.03. The van der Waals surface area contributed by atoms with Gasteiger partial charge in [0.25, 0.3) is 0 Å². The van der Waals surface area contributed by atoms with E-state index in [1.165, 1.54) is 11.8 Å². The first-order valence-corrected chi connectivity index (χ1v) is 5.75. The predicted molar refractivity (Wildman–Crippen MR) is 64.7 cm³/mol. The van der Waals surface area contributed by atoms with Crippen molar-refractivity contribution < 1.29 is 4.79 Å². The number of rotatable bonds is 4. The number of amides is 1. The molecule has 3 nitrogen and oxygen atoms in total. The molecular formula is C11H16N2OS. The lowest BCUT2D eigenvalue weighted by Crippen LogP contribution is -2.24. The van der Waals surface area contributed by atoms with Gasteiger partial charge in [-0.2, -0.15) is 0 Å². The van der Waals surface area contributed by atoms with Crippen molar-refractivity contribution >= 4 is 23.4 Å². The Bertz CT molecular complexity index is 366. The zero-order valence-corrected chi connectivity index (χ0v) is 9.80. The number of anilines is 1. The molecular weight excluding hydrogens is 208 g/mol. The van der Waals surface area contributed by atoms with Crippen molar-refractivity contribution in [3.63, 3.8) is 0 Å². The number of carbonyl (C=O) groups is 1. The highest BCUT2D eigenvalue weighted by Gasteiger charge is 2.15. The lowest BCUT2D eigenvalue weighted by atomic mass is 10.2. The van der Waals surface area contributed by atoms with E-state index in [0.29, 0.717) is 6.42 Å². The van der Waals surface area contributed by atoms with Crippen LogP contribution >= 0.6 is 11.8 Å². The molecule has 0 aromatic heterocycles. The topological polar surface area (TPSA) is 69.1 Å². The van der Waals surface area contributed by atoms with Crippen molar-refractivity contribution in [3.8, 4) is 0 Å². The molecule has 1 amide bonds. The Labute approximate surface area is 94.2 Å². The van der Waals surface area contributed by atoms with Gasteiger partial charge in [0.2, 0.25) is 5.91 Å². The highest BCUT2D eigenvalue weighted by molar-refractivity contribution is 8.00. The van der Waals surface area contributed by atoms with Crippen LogP contribution in [-0.2, 0) is 4.79 Å². The number of carbonyl (C=O) groups excluding carboxylic acids is 1. The zero-order chi connectivity index (χ0) is 11.4. The fourth-order valence-corrected chi connectivity index (χ4v) is 2.29. The first kappa shape index (κ1) is 11.9. The summed E-state index contributed by atoms with van der Waals surface area (Å²) in [7, 11) is 0. The van der Waals surface area contributed by atoms with Gasteiger partial charge in [-0.15, -0.1) is 11.8 Å². The number of nitrogens with two attached hydrogens (primary N) is 2. The van der Waals surface area contributed by atoms with Gasteiger partial charge < -0.3 is 11.5 Å². The second-order valence-corrected chi connectivity index (χ2v) is 4.65. The molecule has 1 aromatic rings. The van der Waals surface area contributed by atoms with Crippen molar-refractivity contribution in [2.45, 2.75) is 30.4 Å². The number of benzene rings is 1. The van der Waals surface area contributed by atoms with Crippen LogP contribution in [0.15, 0.2) is 23.1 Å². The molecule has 4 N–H and O–H groups in total. The third-order valence-electron chi connectivity index (χ3n) is 2.24. The monoisotopic (exact) mass is 224 g/mol. The summed E-state index contributed by atoms with van der Waals surface area (Å²) in [4.78, 5) is 12.0. The third-order valence-corrected chi connectivity index (χ3v) is 3.70. The van der Waals surface area contributed by atoms with E-state index in [2.05, 4.69) is 0 Å². The number of hydrogen-bond acceptors (Lipinski definition) is 3. The fraction of sp³-hybridized carbons (Fsp3) is 0.364. The van der Waals surface area contributed by atoms with Crippen molar-refractivity contribution in [2.24, 2.45) is 5.73 Å². The Morgan fingerprint density at radius 1 is 1.53 bits per heavy atom. The van der Waals surface area contributed by atoms with Crippen LogP contribution in [0.5, 0.6) is 0 Å². The summed E-state index contributed by atoms with van der Waals surface area (Å²) in [5.74, 6) is -0.289. The quantitative estimate of drug-likeness (QED) is 0.606. The largest absolute Gasteiger partial charge is 0.398 e. The fourth-order valence-electron chi connectivity index (χ4n) is 1.25. The van der Waals surface area contributed by atoms with Gasteiger partial charge in [-0.3, -0.25) is 4.79 Å². The van der Waals surface area contributed by atoms with E-state index in [1.807, 2.05) is 32.0 Å². The van der Waals surface area contributed by atoms with Crippen LogP contribution in [0.25, 0.3) is 0 Å². The van der Waals surface area contributed by atoms with Gasteiger partial charge in [-0.25, -0.2) is 0 Å². The van der Waals surface area contributed by atoms with Gasteiger partial charge in [0.1, 0.15) is 0 Å². The summed E-state index contributed by atoms with van der Waals surface area (Å²) in [6, 6.07) is 5.80. The lowest BCUT2D eigenvalue weighted by molar-refractivity contribution is -0.117. The molecule has 0 fully saturated rings. The minimum absolute atomic E-state index is 0.200. The maximum absolute atomic E-state index is 11.1. The van der Waals surface area contributed by atoms with E-state index in [4.69, 9.17) is 11.5 Å². The molecule has 1 rings (SSSR count). The Hall–Kier alpha value is -1.16. The molecule has 0 aliphatic heterocycles. The second kappa shape index (κ2) is 5.07. The number of thioether (sulfide) groups is 1. The average molecular weight is 224 g/mol. The number of nitrogen functional groups attached to an aromatic ring is 1. The summed E-state index contributed by atoms with van der Waals surface area (Å²) >= 11 is 1.44. The molecule has 0 spiro atoms. The molecule has 1 aromatic carbocycles. The van der Waals surface area contributed by atoms with Gasteiger partial charge in [0, 0.05) is 10.6 Å². The maximum Gasteiger partial charge on any atom is 0.230 e.